The number of rotatable bonds is 3. The molecule has 1 aliphatic rings. The van der Waals surface area contributed by atoms with E-state index in [9.17, 15) is 4.79 Å². The fourth-order valence-corrected chi connectivity index (χ4v) is 1.26. The van der Waals surface area contributed by atoms with Gasteiger partial charge in [-0.3, -0.25) is 4.90 Å². The second kappa shape index (κ2) is 5.82. The van der Waals surface area contributed by atoms with Crippen LogP contribution < -0.4 is 10.6 Å². The Morgan fingerprint density at radius 3 is 2.64 bits per heavy atom. The SMILES string of the molecule is CC(C)NC(=O)NCN1CCOCC1. The third kappa shape index (κ3) is 4.43. The lowest BCUT2D eigenvalue weighted by atomic mass is 10.4. The molecule has 0 unspecified atom stereocenters. The van der Waals surface area contributed by atoms with Crippen LogP contribution in [0.2, 0.25) is 0 Å². The molecule has 0 bridgehead atoms. The van der Waals surface area contributed by atoms with Gasteiger partial charge < -0.3 is 15.4 Å². The normalized spacial score (nSPS) is 18.2. The molecule has 5 heteroatoms. The van der Waals surface area contributed by atoms with Gasteiger partial charge in [-0.2, -0.15) is 0 Å². The first-order valence-corrected chi connectivity index (χ1v) is 5.03. The molecule has 1 aliphatic heterocycles. The second-order valence-corrected chi connectivity index (χ2v) is 3.69. The zero-order chi connectivity index (χ0) is 10.4. The first-order valence-electron chi connectivity index (χ1n) is 5.03. The van der Waals surface area contributed by atoms with Gasteiger partial charge in [0, 0.05) is 19.1 Å². The van der Waals surface area contributed by atoms with E-state index in [2.05, 4.69) is 15.5 Å². The Kier molecular flexibility index (Phi) is 4.69. The van der Waals surface area contributed by atoms with Crippen molar-refractivity contribution in [2.45, 2.75) is 19.9 Å². The Morgan fingerprint density at radius 1 is 1.43 bits per heavy atom. The zero-order valence-electron chi connectivity index (χ0n) is 8.88. The highest BCUT2D eigenvalue weighted by molar-refractivity contribution is 5.73. The minimum absolute atomic E-state index is 0.105. The van der Waals surface area contributed by atoms with Crippen LogP contribution in [-0.4, -0.2) is 49.9 Å². The number of amides is 2. The molecular weight excluding hydrogens is 182 g/mol. The molecule has 0 aromatic rings. The standard InChI is InChI=1S/C9H19N3O2/c1-8(2)11-9(13)10-7-12-3-5-14-6-4-12/h8H,3-7H2,1-2H3,(H2,10,11,13). The summed E-state index contributed by atoms with van der Waals surface area (Å²) >= 11 is 0. The molecule has 0 atom stereocenters. The van der Waals surface area contributed by atoms with E-state index in [4.69, 9.17) is 4.74 Å². The number of urea groups is 1. The molecule has 2 N–H and O–H groups in total. The summed E-state index contributed by atoms with van der Waals surface area (Å²) in [6.07, 6.45) is 0. The molecular formula is C9H19N3O2. The Bertz CT molecular complexity index is 179. The minimum Gasteiger partial charge on any atom is -0.379 e. The summed E-state index contributed by atoms with van der Waals surface area (Å²) in [7, 11) is 0. The van der Waals surface area contributed by atoms with Gasteiger partial charge in [-0.05, 0) is 13.8 Å². The first kappa shape index (κ1) is 11.3. The largest absolute Gasteiger partial charge is 0.379 e. The summed E-state index contributed by atoms with van der Waals surface area (Å²) in [5, 5.41) is 5.58. The van der Waals surface area contributed by atoms with Crippen molar-refractivity contribution in [3.63, 3.8) is 0 Å². The van der Waals surface area contributed by atoms with Gasteiger partial charge in [0.2, 0.25) is 0 Å². The second-order valence-electron chi connectivity index (χ2n) is 3.69. The van der Waals surface area contributed by atoms with E-state index in [-0.39, 0.29) is 12.1 Å². The maximum Gasteiger partial charge on any atom is 0.315 e. The predicted octanol–water partition coefficient (Wildman–Crippen LogP) is -0.0163. The molecule has 82 valence electrons. The van der Waals surface area contributed by atoms with Crippen LogP contribution in [-0.2, 0) is 4.74 Å². The van der Waals surface area contributed by atoms with Crippen molar-refractivity contribution in [3.8, 4) is 0 Å². The average Bonchev–Trinajstić information content (AvgIpc) is 2.15. The molecule has 0 aliphatic carbocycles. The van der Waals surface area contributed by atoms with E-state index in [0.717, 1.165) is 26.3 Å². The molecule has 1 heterocycles. The maximum absolute atomic E-state index is 11.2. The highest BCUT2D eigenvalue weighted by atomic mass is 16.5. The summed E-state index contributed by atoms with van der Waals surface area (Å²) in [5.41, 5.74) is 0. The lowest BCUT2D eigenvalue weighted by Crippen LogP contribution is -2.47. The molecule has 0 radical (unpaired) electrons. The number of nitrogens with one attached hydrogen (secondary N) is 2. The van der Waals surface area contributed by atoms with Crippen LogP contribution >= 0.6 is 0 Å². The third-order valence-electron chi connectivity index (χ3n) is 1.99. The molecule has 1 fully saturated rings. The Hall–Kier alpha value is -0.810. The number of carbonyl (C=O) groups excluding carboxylic acids is 1. The van der Waals surface area contributed by atoms with E-state index >= 15 is 0 Å². The van der Waals surface area contributed by atoms with Crippen LogP contribution in [0.25, 0.3) is 0 Å². The van der Waals surface area contributed by atoms with Gasteiger partial charge in [0.25, 0.3) is 0 Å². The topological polar surface area (TPSA) is 53.6 Å². The lowest BCUT2D eigenvalue weighted by molar-refractivity contribution is 0.0355. The number of hydrogen-bond acceptors (Lipinski definition) is 3. The Morgan fingerprint density at radius 2 is 2.07 bits per heavy atom. The van der Waals surface area contributed by atoms with E-state index in [1.165, 1.54) is 0 Å². The van der Waals surface area contributed by atoms with Gasteiger partial charge in [-0.1, -0.05) is 0 Å². The van der Waals surface area contributed by atoms with E-state index < -0.39 is 0 Å². The summed E-state index contributed by atoms with van der Waals surface area (Å²) in [6, 6.07) is 0.0752. The maximum atomic E-state index is 11.2. The van der Waals surface area contributed by atoms with Crippen LogP contribution in [0.4, 0.5) is 4.79 Å². The van der Waals surface area contributed by atoms with Gasteiger partial charge in [-0.15, -0.1) is 0 Å². The molecule has 1 saturated heterocycles. The summed E-state index contributed by atoms with van der Waals surface area (Å²) < 4.78 is 5.20. The van der Waals surface area contributed by atoms with E-state index in [0.29, 0.717) is 6.67 Å². The zero-order valence-corrected chi connectivity index (χ0v) is 8.88. The van der Waals surface area contributed by atoms with Crippen molar-refractivity contribution in [1.82, 2.24) is 15.5 Å². The number of ether oxygens (including phenoxy) is 1. The third-order valence-corrected chi connectivity index (χ3v) is 1.99. The number of nitrogens with zero attached hydrogens (tertiary/aromatic N) is 1. The molecule has 1 rings (SSSR count). The molecule has 5 nitrogen and oxygen atoms in total. The number of hydrogen-bond donors (Lipinski definition) is 2. The van der Waals surface area contributed by atoms with Crippen molar-refractivity contribution >= 4 is 6.03 Å². The summed E-state index contributed by atoms with van der Waals surface area (Å²) in [5.74, 6) is 0. The Balaban J connectivity index is 2.09. The van der Waals surface area contributed by atoms with Gasteiger partial charge >= 0.3 is 6.03 Å². The monoisotopic (exact) mass is 201 g/mol. The van der Waals surface area contributed by atoms with Crippen molar-refractivity contribution < 1.29 is 9.53 Å². The highest BCUT2D eigenvalue weighted by Crippen LogP contribution is 1.93. The van der Waals surface area contributed by atoms with Crippen molar-refractivity contribution in [1.29, 1.82) is 0 Å². The first-order chi connectivity index (χ1) is 6.68. The number of morpholine rings is 1. The van der Waals surface area contributed by atoms with Crippen LogP contribution in [0.15, 0.2) is 0 Å². The van der Waals surface area contributed by atoms with Crippen molar-refractivity contribution in [2.75, 3.05) is 33.0 Å². The predicted molar refractivity (Wildman–Crippen MR) is 54.1 cm³/mol. The molecule has 2 amide bonds. The average molecular weight is 201 g/mol. The van der Waals surface area contributed by atoms with Gasteiger partial charge in [0.05, 0.1) is 19.9 Å². The van der Waals surface area contributed by atoms with Crippen LogP contribution in [0, 0.1) is 0 Å². The minimum atomic E-state index is -0.105. The van der Waals surface area contributed by atoms with Gasteiger partial charge in [0.1, 0.15) is 0 Å². The lowest BCUT2D eigenvalue weighted by Gasteiger charge is -2.26. The van der Waals surface area contributed by atoms with Gasteiger partial charge in [0.15, 0.2) is 0 Å². The molecule has 0 spiro atoms. The smallest absolute Gasteiger partial charge is 0.315 e. The van der Waals surface area contributed by atoms with Crippen molar-refractivity contribution in [2.24, 2.45) is 0 Å². The quantitative estimate of drug-likeness (QED) is 0.675. The number of carbonyl (C=O) groups is 1. The Labute approximate surface area is 84.8 Å². The fraction of sp³-hybridized carbons (Fsp3) is 0.889. The van der Waals surface area contributed by atoms with Crippen molar-refractivity contribution in [3.05, 3.63) is 0 Å². The summed E-state index contributed by atoms with van der Waals surface area (Å²) in [6.45, 7) is 7.77. The van der Waals surface area contributed by atoms with E-state index in [1.807, 2.05) is 13.8 Å². The van der Waals surface area contributed by atoms with Crippen LogP contribution in [0.5, 0.6) is 0 Å². The van der Waals surface area contributed by atoms with Crippen LogP contribution in [0.3, 0.4) is 0 Å². The van der Waals surface area contributed by atoms with E-state index in [1.54, 1.807) is 0 Å². The molecule has 14 heavy (non-hydrogen) atoms. The highest BCUT2D eigenvalue weighted by Gasteiger charge is 2.10. The van der Waals surface area contributed by atoms with Crippen LogP contribution in [0.1, 0.15) is 13.8 Å². The molecule has 0 aromatic heterocycles. The fourth-order valence-electron chi connectivity index (χ4n) is 1.26. The molecule has 0 aromatic carbocycles. The van der Waals surface area contributed by atoms with Gasteiger partial charge in [-0.25, -0.2) is 4.79 Å². The summed E-state index contributed by atoms with van der Waals surface area (Å²) in [4.78, 5) is 13.4. The molecule has 0 saturated carbocycles.